The second kappa shape index (κ2) is 6.15. The van der Waals surface area contributed by atoms with E-state index in [2.05, 4.69) is 5.32 Å². The molecular formula is C15H16ClN3O2. The lowest BCUT2D eigenvalue weighted by Gasteiger charge is -2.22. The molecule has 21 heavy (non-hydrogen) atoms. The number of hydrogen-bond donors (Lipinski definition) is 1. The lowest BCUT2D eigenvalue weighted by atomic mass is 10.2. The highest BCUT2D eigenvalue weighted by Crippen LogP contribution is 2.27. The second-order valence-electron chi connectivity index (χ2n) is 5.07. The minimum absolute atomic E-state index is 0.107. The third-order valence-corrected chi connectivity index (χ3v) is 3.97. The van der Waals surface area contributed by atoms with Crippen LogP contribution < -0.4 is 5.32 Å². The number of nitrogens with one attached hydrogen (secondary N) is 1. The van der Waals surface area contributed by atoms with Crippen LogP contribution in [0.25, 0.3) is 0 Å². The maximum atomic E-state index is 12.3. The normalized spacial score (nSPS) is 19.5. The minimum Gasteiger partial charge on any atom is -0.372 e. The number of carbonyl (C=O) groups excluding carboxylic acids is 2. The maximum absolute atomic E-state index is 12.3. The van der Waals surface area contributed by atoms with Crippen molar-refractivity contribution in [1.29, 1.82) is 5.26 Å². The Labute approximate surface area is 128 Å². The van der Waals surface area contributed by atoms with Crippen molar-refractivity contribution in [3.63, 3.8) is 0 Å². The van der Waals surface area contributed by atoms with Gasteiger partial charge in [0.1, 0.15) is 6.04 Å². The molecule has 0 aliphatic carbocycles. The van der Waals surface area contributed by atoms with Crippen LogP contribution in [-0.2, 0) is 9.59 Å². The Morgan fingerprint density at radius 3 is 2.86 bits per heavy atom. The third-order valence-electron chi connectivity index (χ3n) is 3.64. The monoisotopic (exact) mass is 305 g/mol. The molecule has 1 heterocycles. The van der Waals surface area contributed by atoms with Gasteiger partial charge in [-0.2, -0.15) is 5.26 Å². The number of benzene rings is 1. The number of imide groups is 1. The highest BCUT2D eigenvalue weighted by atomic mass is 35.5. The Balaban J connectivity index is 2.20. The van der Waals surface area contributed by atoms with Gasteiger partial charge in [0.05, 0.1) is 28.8 Å². The number of rotatable bonds is 4. The van der Waals surface area contributed by atoms with Crippen LogP contribution in [0, 0.1) is 11.3 Å². The number of anilines is 1. The number of halogens is 1. The van der Waals surface area contributed by atoms with E-state index in [1.807, 2.05) is 19.9 Å². The summed E-state index contributed by atoms with van der Waals surface area (Å²) in [6, 6.07) is 6.04. The summed E-state index contributed by atoms with van der Waals surface area (Å²) in [5.41, 5.74) is 0.935. The number of carbonyl (C=O) groups is 2. The SMILES string of the molecule is CCC(C)N1C(=O)CC(Nc2cc(C#N)ccc2Cl)C1=O. The first-order valence-corrected chi connectivity index (χ1v) is 7.17. The van der Waals surface area contributed by atoms with Crippen molar-refractivity contribution in [3.8, 4) is 6.07 Å². The molecule has 1 saturated heterocycles. The molecule has 0 spiro atoms. The molecule has 110 valence electrons. The van der Waals surface area contributed by atoms with Crippen molar-refractivity contribution in [2.75, 3.05) is 5.32 Å². The predicted molar refractivity (Wildman–Crippen MR) is 79.8 cm³/mol. The summed E-state index contributed by atoms with van der Waals surface area (Å²) in [5.74, 6) is -0.424. The van der Waals surface area contributed by atoms with Gasteiger partial charge in [0, 0.05) is 6.04 Å². The van der Waals surface area contributed by atoms with Gasteiger partial charge >= 0.3 is 0 Å². The fourth-order valence-electron chi connectivity index (χ4n) is 2.30. The van der Waals surface area contributed by atoms with E-state index in [1.165, 1.54) is 4.90 Å². The van der Waals surface area contributed by atoms with Crippen LogP contribution in [0.15, 0.2) is 18.2 Å². The van der Waals surface area contributed by atoms with Crippen molar-refractivity contribution >= 4 is 29.1 Å². The Hall–Kier alpha value is -2.06. The second-order valence-corrected chi connectivity index (χ2v) is 5.47. The summed E-state index contributed by atoms with van der Waals surface area (Å²) >= 11 is 6.06. The lowest BCUT2D eigenvalue weighted by Crippen LogP contribution is -2.40. The Kier molecular flexibility index (Phi) is 4.49. The van der Waals surface area contributed by atoms with Crippen LogP contribution in [0.1, 0.15) is 32.3 Å². The van der Waals surface area contributed by atoms with Crippen LogP contribution in [0.4, 0.5) is 5.69 Å². The van der Waals surface area contributed by atoms with Crippen LogP contribution in [0.3, 0.4) is 0 Å². The zero-order valence-corrected chi connectivity index (χ0v) is 12.6. The average Bonchev–Trinajstić information content (AvgIpc) is 2.75. The van der Waals surface area contributed by atoms with E-state index in [-0.39, 0.29) is 24.3 Å². The summed E-state index contributed by atoms with van der Waals surface area (Å²) in [4.78, 5) is 25.6. The van der Waals surface area contributed by atoms with Crippen LogP contribution in [0.2, 0.25) is 5.02 Å². The molecule has 1 aliphatic heterocycles. The number of hydrogen-bond acceptors (Lipinski definition) is 4. The Morgan fingerprint density at radius 1 is 1.52 bits per heavy atom. The molecule has 6 heteroatoms. The molecule has 2 amide bonds. The number of nitrogens with zero attached hydrogens (tertiary/aromatic N) is 2. The van der Waals surface area contributed by atoms with Crippen molar-refractivity contribution in [3.05, 3.63) is 28.8 Å². The molecule has 1 aromatic rings. The molecule has 1 aromatic carbocycles. The molecule has 2 atom stereocenters. The molecule has 1 N–H and O–H groups in total. The first-order valence-electron chi connectivity index (χ1n) is 6.80. The molecule has 0 radical (unpaired) electrons. The Bertz CT molecular complexity index is 624. The van der Waals surface area contributed by atoms with Gasteiger partial charge in [-0.15, -0.1) is 0 Å². The summed E-state index contributed by atoms with van der Waals surface area (Å²) in [6.07, 6.45) is 0.825. The zero-order valence-electron chi connectivity index (χ0n) is 11.9. The van der Waals surface area contributed by atoms with Gasteiger partial charge in [-0.25, -0.2) is 0 Å². The lowest BCUT2D eigenvalue weighted by molar-refractivity contribution is -0.140. The van der Waals surface area contributed by atoms with E-state index in [1.54, 1.807) is 18.2 Å². The highest BCUT2D eigenvalue weighted by molar-refractivity contribution is 6.33. The molecule has 1 aliphatic rings. The quantitative estimate of drug-likeness (QED) is 0.868. The Morgan fingerprint density at radius 2 is 2.24 bits per heavy atom. The predicted octanol–water partition coefficient (Wildman–Crippen LogP) is 2.55. The van der Waals surface area contributed by atoms with Gasteiger partial charge in [0.15, 0.2) is 0 Å². The van der Waals surface area contributed by atoms with Gasteiger partial charge < -0.3 is 5.32 Å². The van der Waals surface area contributed by atoms with E-state index in [4.69, 9.17) is 16.9 Å². The molecular weight excluding hydrogens is 290 g/mol. The molecule has 2 rings (SSSR count). The van der Waals surface area contributed by atoms with Gasteiger partial charge in [-0.1, -0.05) is 18.5 Å². The summed E-state index contributed by atoms with van der Waals surface area (Å²) in [5, 5.41) is 12.3. The summed E-state index contributed by atoms with van der Waals surface area (Å²) < 4.78 is 0. The van der Waals surface area contributed by atoms with Gasteiger partial charge in [0.2, 0.25) is 5.91 Å². The van der Waals surface area contributed by atoms with E-state index in [9.17, 15) is 9.59 Å². The smallest absolute Gasteiger partial charge is 0.252 e. The average molecular weight is 306 g/mol. The molecule has 0 aromatic heterocycles. The van der Waals surface area contributed by atoms with E-state index < -0.39 is 6.04 Å². The number of likely N-dealkylation sites (tertiary alicyclic amines) is 1. The van der Waals surface area contributed by atoms with Gasteiger partial charge in [-0.3, -0.25) is 14.5 Å². The zero-order chi connectivity index (χ0) is 15.6. The van der Waals surface area contributed by atoms with Gasteiger partial charge in [0.25, 0.3) is 5.91 Å². The molecule has 1 fully saturated rings. The van der Waals surface area contributed by atoms with Crippen LogP contribution in [0.5, 0.6) is 0 Å². The van der Waals surface area contributed by atoms with E-state index in [0.29, 0.717) is 16.3 Å². The van der Waals surface area contributed by atoms with Crippen LogP contribution >= 0.6 is 11.6 Å². The van der Waals surface area contributed by atoms with Crippen LogP contribution in [-0.4, -0.2) is 28.8 Å². The van der Waals surface area contributed by atoms with Gasteiger partial charge in [-0.05, 0) is 31.5 Å². The summed E-state index contributed by atoms with van der Waals surface area (Å²) in [7, 11) is 0. The fraction of sp³-hybridized carbons (Fsp3) is 0.400. The molecule has 5 nitrogen and oxygen atoms in total. The number of amides is 2. The van der Waals surface area contributed by atoms with Crippen molar-refractivity contribution in [1.82, 2.24) is 4.90 Å². The molecule has 2 unspecified atom stereocenters. The summed E-state index contributed by atoms with van der Waals surface area (Å²) in [6.45, 7) is 3.78. The van der Waals surface area contributed by atoms with Crippen molar-refractivity contribution < 1.29 is 9.59 Å². The van der Waals surface area contributed by atoms with E-state index in [0.717, 1.165) is 6.42 Å². The third kappa shape index (κ3) is 3.01. The maximum Gasteiger partial charge on any atom is 0.252 e. The molecule has 0 bridgehead atoms. The fourth-order valence-corrected chi connectivity index (χ4v) is 2.47. The van der Waals surface area contributed by atoms with E-state index >= 15 is 0 Å². The van der Waals surface area contributed by atoms with Crippen molar-refractivity contribution in [2.24, 2.45) is 0 Å². The largest absolute Gasteiger partial charge is 0.372 e. The number of nitriles is 1. The standard InChI is InChI=1S/C15H16ClN3O2/c1-3-9(2)19-14(20)7-13(15(19)21)18-12-6-10(8-17)4-5-11(12)16/h4-6,9,13,18H,3,7H2,1-2H3. The minimum atomic E-state index is -0.627. The highest BCUT2D eigenvalue weighted by Gasteiger charge is 2.40. The first-order chi connectivity index (χ1) is 9.97. The first kappa shape index (κ1) is 15.3. The molecule has 0 saturated carbocycles. The van der Waals surface area contributed by atoms with Crippen molar-refractivity contribution in [2.45, 2.75) is 38.8 Å². The topological polar surface area (TPSA) is 73.2 Å².